The third kappa shape index (κ3) is 6.66. The molecule has 2 fully saturated rings. The van der Waals surface area contributed by atoms with Gasteiger partial charge < -0.3 is 14.7 Å². The summed E-state index contributed by atoms with van der Waals surface area (Å²) in [5, 5.41) is 19.4. The van der Waals surface area contributed by atoms with E-state index in [0.717, 1.165) is 38.5 Å². The molecular weight excluding hydrogens is 522 g/mol. The van der Waals surface area contributed by atoms with E-state index >= 15 is 0 Å². The van der Waals surface area contributed by atoms with Crippen LogP contribution < -0.4 is 4.74 Å². The van der Waals surface area contributed by atoms with Crippen molar-refractivity contribution in [2.75, 3.05) is 0 Å². The Labute approximate surface area is 235 Å². The van der Waals surface area contributed by atoms with Crippen LogP contribution in [0.2, 0.25) is 5.15 Å². The normalized spacial score (nSPS) is 31.2. The number of aromatic nitrogens is 2. The van der Waals surface area contributed by atoms with Crippen molar-refractivity contribution in [3.63, 3.8) is 0 Å². The molecule has 2 heterocycles. The zero-order chi connectivity index (χ0) is 27.5. The number of rotatable bonds is 6. The Morgan fingerprint density at radius 2 is 1.79 bits per heavy atom. The molecule has 0 spiro atoms. The molecule has 206 valence electrons. The molecule has 1 aromatic rings. The minimum Gasteiger partial charge on any atom is -0.480 e. The Kier molecular flexibility index (Phi) is 8.99. The molecule has 4 rings (SSSR count). The summed E-state index contributed by atoms with van der Waals surface area (Å²) in [5.74, 6) is 6.68. The van der Waals surface area contributed by atoms with Crippen molar-refractivity contribution in [1.82, 2.24) is 15.1 Å². The first-order valence-electron chi connectivity index (χ1n) is 13.6. The summed E-state index contributed by atoms with van der Waals surface area (Å²) in [7, 11) is 0. The largest absolute Gasteiger partial charge is 0.480 e. The van der Waals surface area contributed by atoms with Crippen LogP contribution in [0.5, 0.6) is 5.88 Å². The van der Waals surface area contributed by atoms with E-state index in [1.54, 1.807) is 12.1 Å². The lowest BCUT2D eigenvalue weighted by Crippen LogP contribution is -2.62. The highest BCUT2D eigenvalue weighted by Crippen LogP contribution is 2.44. The minimum absolute atomic E-state index is 0.0476. The summed E-state index contributed by atoms with van der Waals surface area (Å²) in [6, 6.07) is 3.22. The van der Waals surface area contributed by atoms with Gasteiger partial charge in [-0.3, -0.25) is 9.59 Å². The molecule has 38 heavy (non-hydrogen) atoms. The molecule has 0 bridgehead atoms. The lowest BCUT2D eigenvalue weighted by Gasteiger charge is -2.48. The summed E-state index contributed by atoms with van der Waals surface area (Å²) in [6.45, 7) is 8.25. The first-order valence-corrected chi connectivity index (χ1v) is 14.9. The Bertz CT molecular complexity index is 1090. The van der Waals surface area contributed by atoms with E-state index in [2.05, 4.69) is 29.0 Å². The van der Waals surface area contributed by atoms with Gasteiger partial charge in [-0.15, -0.1) is 22.0 Å². The van der Waals surface area contributed by atoms with Crippen molar-refractivity contribution in [3.8, 4) is 17.7 Å². The van der Waals surface area contributed by atoms with Crippen LogP contribution >= 0.6 is 23.4 Å². The number of carbonyl (C=O) groups excluding carboxylic acids is 1. The lowest BCUT2D eigenvalue weighted by atomic mass is 9.79. The molecule has 1 N–H and O–H groups in total. The number of ether oxygens (including phenoxy) is 1. The quantitative estimate of drug-likeness (QED) is 0.429. The van der Waals surface area contributed by atoms with Crippen LogP contribution in [0, 0.1) is 29.1 Å². The second-order valence-corrected chi connectivity index (χ2v) is 13.3. The number of hydrogen-bond acceptors (Lipinski definition) is 6. The van der Waals surface area contributed by atoms with E-state index in [1.165, 1.54) is 11.8 Å². The predicted molar refractivity (Wildman–Crippen MR) is 150 cm³/mol. The highest BCUT2D eigenvalue weighted by atomic mass is 35.5. The van der Waals surface area contributed by atoms with E-state index in [-0.39, 0.29) is 29.4 Å². The number of carboxylic acid groups (broad SMARTS) is 1. The van der Waals surface area contributed by atoms with Crippen LogP contribution in [0.25, 0.3) is 0 Å². The zero-order valence-corrected chi connectivity index (χ0v) is 24.2. The van der Waals surface area contributed by atoms with Gasteiger partial charge in [0.2, 0.25) is 11.8 Å². The number of hydrogen-bond donors (Lipinski definition) is 1. The van der Waals surface area contributed by atoms with Gasteiger partial charge in [0.25, 0.3) is 0 Å². The molecule has 1 amide bonds. The zero-order valence-electron chi connectivity index (χ0n) is 22.7. The number of halogens is 1. The van der Waals surface area contributed by atoms with Gasteiger partial charge in [-0.1, -0.05) is 30.4 Å². The van der Waals surface area contributed by atoms with Crippen molar-refractivity contribution in [2.24, 2.45) is 17.3 Å². The maximum atomic E-state index is 14.4. The summed E-state index contributed by atoms with van der Waals surface area (Å²) in [5.41, 5.74) is -1.53. The monoisotopic (exact) mass is 559 g/mol. The third-order valence-electron chi connectivity index (χ3n) is 7.70. The topological polar surface area (TPSA) is 92.6 Å². The van der Waals surface area contributed by atoms with Crippen molar-refractivity contribution in [3.05, 3.63) is 28.8 Å². The highest BCUT2D eigenvalue weighted by molar-refractivity contribution is 8.03. The second-order valence-electron chi connectivity index (χ2n) is 11.9. The molecule has 2 atom stereocenters. The molecule has 1 aliphatic heterocycles. The number of amides is 1. The highest BCUT2D eigenvalue weighted by Gasteiger charge is 2.53. The molecule has 2 aliphatic carbocycles. The van der Waals surface area contributed by atoms with Crippen LogP contribution in [0.4, 0.5) is 0 Å². The maximum Gasteiger partial charge on any atom is 0.320 e. The molecular formula is C29H38ClN3O4S. The van der Waals surface area contributed by atoms with Gasteiger partial charge in [-0.25, -0.2) is 0 Å². The van der Waals surface area contributed by atoms with Gasteiger partial charge in [0.1, 0.15) is 16.9 Å². The van der Waals surface area contributed by atoms with Crippen LogP contribution in [0.15, 0.2) is 23.6 Å². The summed E-state index contributed by atoms with van der Waals surface area (Å²) >= 11 is 7.09. The van der Waals surface area contributed by atoms with Crippen molar-refractivity contribution < 1.29 is 19.4 Å². The van der Waals surface area contributed by atoms with Crippen LogP contribution in [-0.4, -0.2) is 55.0 Å². The summed E-state index contributed by atoms with van der Waals surface area (Å²) in [6.07, 6.45) is 8.34. The average Bonchev–Trinajstić information content (AvgIpc) is 3.30. The number of thioether (sulfide) groups is 1. The van der Waals surface area contributed by atoms with E-state index in [9.17, 15) is 14.7 Å². The predicted octanol–water partition coefficient (Wildman–Crippen LogP) is 5.98. The molecule has 7 nitrogen and oxygen atoms in total. The maximum absolute atomic E-state index is 14.4. The SMILES string of the molecule is CC1CCC(C(=O)N(C2CCC(Oc3ccc(Cl)nn3)CC2)C2(C#CC(C)(C)C)C=CSC2C(=O)O)CC1. The molecule has 0 aromatic carbocycles. The number of carboxylic acids is 1. The van der Waals surface area contributed by atoms with Crippen molar-refractivity contribution >= 4 is 35.2 Å². The fraction of sp³-hybridized carbons (Fsp3) is 0.655. The summed E-state index contributed by atoms with van der Waals surface area (Å²) in [4.78, 5) is 28.8. The van der Waals surface area contributed by atoms with Crippen LogP contribution in [0.3, 0.4) is 0 Å². The van der Waals surface area contributed by atoms with Gasteiger partial charge in [0, 0.05) is 23.4 Å². The van der Waals surface area contributed by atoms with E-state index in [1.807, 2.05) is 37.2 Å². The molecule has 0 saturated heterocycles. The Morgan fingerprint density at radius 1 is 1.11 bits per heavy atom. The Hall–Kier alpha value is -2.24. The fourth-order valence-electron chi connectivity index (χ4n) is 5.65. The van der Waals surface area contributed by atoms with Crippen molar-refractivity contribution in [2.45, 2.75) is 102 Å². The molecule has 2 saturated carbocycles. The van der Waals surface area contributed by atoms with E-state index in [0.29, 0.717) is 29.8 Å². The molecule has 2 unspecified atom stereocenters. The fourth-order valence-corrected chi connectivity index (χ4v) is 6.77. The lowest BCUT2D eigenvalue weighted by molar-refractivity contribution is -0.147. The first kappa shape index (κ1) is 28.8. The van der Waals surface area contributed by atoms with Gasteiger partial charge in [-0.05, 0) is 95.6 Å². The van der Waals surface area contributed by atoms with Gasteiger partial charge in [0.15, 0.2) is 5.15 Å². The number of aliphatic carboxylic acids is 1. The molecule has 9 heteroatoms. The molecule has 3 aliphatic rings. The molecule has 1 aromatic heterocycles. The van der Waals surface area contributed by atoms with Crippen molar-refractivity contribution in [1.29, 1.82) is 0 Å². The van der Waals surface area contributed by atoms with Gasteiger partial charge in [-0.2, -0.15) is 0 Å². The average molecular weight is 560 g/mol. The van der Waals surface area contributed by atoms with Gasteiger partial charge >= 0.3 is 5.97 Å². The second kappa shape index (κ2) is 11.9. The van der Waals surface area contributed by atoms with Crippen LogP contribution in [-0.2, 0) is 9.59 Å². The smallest absolute Gasteiger partial charge is 0.320 e. The number of carbonyl (C=O) groups is 2. The standard InChI is InChI=1S/C29H38ClN3O4S/c1-19-5-7-20(8-6-19)26(34)33(29(16-15-28(2,3)4)17-18-38-25(29)27(35)36)21-9-11-22(12-10-21)37-24-14-13-23(30)31-32-24/h13-14,17-22,25H,5-12H2,1-4H3,(H,35,36). The Morgan fingerprint density at radius 3 is 2.37 bits per heavy atom. The van der Waals surface area contributed by atoms with Gasteiger partial charge in [0.05, 0.1) is 0 Å². The van der Waals surface area contributed by atoms with E-state index < -0.39 is 16.8 Å². The minimum atomic E-state index is -1.19. The summed E-state index contributed by atoms with van der Waals surface area (Å²) < 4.78 is 6.05. The molecule has 0 radical (unpaired) electrons. The number of nitrogens with zero attached hydrogens (tertiary/aromatic N) is 3. The van der Waals surface area contributed by atoms with E-state index in [4.69, 9.17) is 16.3 Å². The van der Waals surface area contributed by atoms with Crippen LogP contribution in [0.1, 0.15) is 79.1 Å². The first-order chi connectivity index (χ1) is 18.0. The third-order valence-corrected chi connectivity index (χ3v) is 9.03. The Balaban J connectivity index is 1.64.